The SMILES string of the molecule is CC(C)n1ncc2c(C(=O)NCC(c3cccs3)N3CCOCC3)cc(-c3ccccc3)nc21. The highest BCUT2D eigenvalue weighted by Crippen LogP contribution is 2.28. The third-order valence-corrected chi connectivity index (χ3v) is 7.16. The number of hydrogen-bond acceptors (Lipinski definition) is 6. The normalized spacial score (nSPS) is 15.6. The number of benzene rings is 1. The Morgan fingerprint density at radius 2 is 1.94 bits per heavy atom. The fraction of sp³-hybridized carbons (Fsp3) is 0.346. The van der Waals surface area contributed by atoms with Gasteiger partial charge in [0.05, 0.1) is 42.1 Å². The summed E-state index contributed by atoms with van der Waals surface area (Å²) in [6.07, 6.45) is 1.75. The van der Waals surface area contributed by atoms with Gasteiger partial charge in [-0.15, -0.1) is 11.3 Å². The number of morpholine rings is 1. The number of rotatable bonds is 7. The zero-order valence-electron chi connectivity index (χ0n) is 19.5. The molecule has 1 atom stereocenters. The second-order valence-corrected chi connectivity index (χ2v) is 9.71. The van der Waals surface area contributed by atoms with Gasteiger partial charge < -0.3 is 10.1 Å². The van der Waals surface area contributed by atoms with Crippen molar-refractivity contribution in [3.63, 3.8) is 0 Å². The summed E-state index contributed by atoms with van der Waals surface area (Å²) in [4.78, 5) is 22.1. The van der Waals surface area contributed by atoms with Crippen molar-refractivity contribution in [1.29, 1.82) is 0 Å². The summed E-state index contributed by atoms with van der Waals surface area (Å²) in [5.41, 5.74) is 3.07. The van der Waals surface area contributed by atoms with Crippen molar-refractivity contribution < 1.29 is 9.53 Å². The molecule has 0 bridgehead atoms. The predicted molar refractivity (Wildman–Crippen MR) is 135 cm³/mol. The van der Waals surface area contributed by atoms with Crippen LogP contribution in [0.2, 0.25) is 0 Å². The molecule has 8 heteroatoms. The Balaban J connectivity index is 1.47. The van der Waals surface area contributed by atoms with Crippen molar-refractivity contribution in [1.82, 2.24) is 25.0 Å². The van der Waals surface area contributed by atoms with Gasteiger partial charge in [0.2, 0.25) is 0 Å². The van der Waals surface area contributed by atoms with Crippen LogP contribution in [0.25, 0.3) is 22.3 Å². The number of fused-ring (bicyclic) bond motifs is 1. The number of carbonyl (C=O) groups excluding carboxylic acids is 1. The Morgan fingerprint density at radius 3 is 2.65 bits per heavy atom. The summed E-state index contributed by atoms with van der Waals surface area (Å²) < 4.78 is 7.42. The summed E-state index contributed by atoms with van der Waals surface area (Å²) >= 11 is 1.72. The topological polar surface area (TPSA) is 72.3 Å². The fourth-order valence-electron chi connectivity index (χ4n) is 4.40. The summed E-state index contributed by atoms with van der Waals surface area (Å²) in [6.45, 7) is 7.82. The van der Waals surface area contributed by atoms with Crippen LogP contribution in [-0.2, 0) is 4.74 Å². The summed E-state index contributed by atoms with van der Waals surface area (Å²) in [7, 11) is 0. The van der Waals surface area contributed by atoms with E-state index in [1.165, 1.54) is 4.88 Å². The molecule has 7 nitrogen and oxygen atoms in total. The Morgan fingerprint density at radius 1 is 1.15 bits per heavy atom. The molecule has 1 unspecified atom stereocenters. The summed E-state index contributed by atoms with van der Waals surface area (Å²) in [6, 6.07) is 16.3. The molecule has 5 rings (SSSR count). The highest BCUT2D eigenvalue weighted by atomic mass is 32.1. The van der Waals surface area contributed by atoms with Crippen LogP contribution < -0.4 is 5.32 Å². The second kappa shape index (κ2) is 10.0. The first-order valence-electron chi connectivity index (χ1n) is 11.7. The fourth-order valence-corrected chi connectivity index (χ4v) is 5.27. The average molecular weight is 476 g/mol. The number of ether oxygens (including phenoxy) is 1. The molecule has 3 aromatic heterocycles. The van der Waals surface area contributed by atoms with Crippen molar-refractivity contribution >= 4 is 28.3 Å². The molecule has 34 heavy (non-hydrogen) atoms. The van der Waals surface area contributed by atoms with Gasteiger partial charge in [-0.05, 0) is 31.4 Å². The lowest BCUT2D eigenvalue weighted by atomic mass is 10.1. The number of pyridine rings is 1. The minimum absolute atomic E-state index is 0.109. The van der Waals surface area contributed by atoms with Gasteiger partial charge in [0, 0.05) is 36.1 Å². The molecule has 1 fully saturated rings. The van der Waals surface area contributed by atoms with E-state index >= 15 is 0 Å². The Bertz CT molecular complexity index is 1250. The van der Waals surface area contributed by atoms with Crippen LogP contribution in [0, 0.1) is 0 Å². The van der Waals surface area contributed by atoms with Crippen LogP contribution in [0.3, 0.4) is 0 Å². The first-order chi connectivity index (χ1) is 16.6. The first kappa shape index (κ1) is 22.7. The lowest BCUT2D eigenvalue weighted by Gasteiger charge is -2.34. The summed E-state index contributed by atoms with van der Waals surface area (Å²) in [5.74, 6) is -0.109. The molecule has 0 radical (unpaired) electrons. The molecule has 1 aliphatic heterocycles. The number of nitrogens with one attached hydrogen (secondary N) is 1. The number of nitrogens with zero attached hydrogens (tertiary/aromatic N) is 4. The van der Waals surface area contributed by atoms with Gasteiger partial charge in [0.15, 0.2) is 5.65 Å². The van der Waals surface area contributed by atoms with Gasteiger partial charge in [0.1, 0.15) is 0 Å². The van der Waals surface area contributed by atoms with Crippen LogP contribution in [0.15, 0.2) is 60.1 Å². The largest absolute Gasteiger partial charge is 0.379 e. The van der Waals surface area contributed by atoms with Crippen molar-refractivity contribution in [3.05, 3.63) is 70.5 Å². The average Bonchev–Trinajstić information content (AvgIpc) is 3.55. The van der Waals surface area contributed by atoms with Crippen LogP contribution in [0.5, 0.6) is 0 Å². The van der Waals surface area contributed by atoms with E-state index in [2.05, 4.69) is 46.7 Å². The van der Waals surface area contributed by atoms with Gasteiger partial charge in [-0.25, -0.2) is 9.67 Å². The van der Waals surface area contributed by atoms with E-state index < -0.39 is 0 Å². The Kier molecular flexibility index (Phi) is 6.71. The molecule has 0 saturated carbocycles. The quantitative estimate of drug-likeness (QED) is 0.425. The van der Waals surface area contributed by atoms with E-state index in [0.29, 0.717) is 12.1 Å². The Hall–Kier alpha value is -3.07. The van der Waals surface area contributed by atoms with Gasteiger partial charge in [-0.1, -0.05) is 36.4 Å². The van der Waals surface area contributed by atoms with E-state index in [9.17, 15) is 4.79 Å². The number of carbonyl (C=O) groups is 1. The molecule has 0 spiro atoms. The van der Waals surface area contributed by atoms with Crippen molar-refractivity contribution in [2.75, 3.05) is 32.8 Å². The molecule has 176 valence electrons. The lowest BCUT2D eigenvalue weighted by Crippen LogP contribution is -2.43. The molecule has 1 aliphatic rings. The van der Waals surface area contributed by atoms with Crippen LogP contribution in [-0.4, -0.2) is 58.4 Å². The Labute approximate surface area is 203 Å². The maximum atomic E-state index is 13.6. The van der Waals surface area contributed by atoms with Crippen LogP contribution >= 0.6 is 11.3 Å². The van der Waals surface area contributed by atoms with E-state index in [1.54, 1.807) is 17.5 Å². The molecule has 4 heterocycles. The molecule has 0 aliphatic carbocycles. The first-order valence-corrected chi connectivity index (χ1v) is 12.6. The van der Waals surface area contributed by atoms with Crippen LogP contribution in [0.1, 0.15) is 41.2 Å². The van der Waals surface area contributed by atoms with E-state index in [1.807, 2.05) is 41.1 Å². The minimum Gasteiger partial charge on any atom is -0.379 e. The number of hydrogen-bond donors (Lipinski definition) is 1. The number of amides is 1. The van der Waals surface area contributed by atoms with E-state index in [0.717, 1.165) is 48.6 Å². The maximum absolute atomic E-state index is 13.6. The molecule has 1 N–H and O–H groups in total. The zero-order valence-corrected chi connectivity index (χ0v) is 20.3. The monoisotopic (exact) mass is 475 g/mol. The maximum Gasteiger partial charge on any atom is 0.252 e. The van der Waals surface area contributed by atoms with Crippen molar-refractivity contribution in [2.24, 2.45) is 0 Å². The molecule has 1 aromatic carbocycles. The molecule has 4 aromatic rings. The lowest BCUT2D eigenvalue weighted by molar-refractivity contribution is 0.0169. The van der Waals surface area contributed by atoms with Gasteiger partial charge >= 0.3 is 0 Å². The molecule has 1 amide bonds. The van der Waals surface area contributed by atoms with Gasteiger partial charge in [-0.3, -0.25) is 9.69 Å². The van der Waals surface area contributed by atoms with Gasteiger partial charge in [-0.2, -0.15) is 5.10 Å². The van der Waals surface area contributed by atoms with E-state index in [4.69, 9.17) is 9.72 Å². The highest BCUT2D eigenvalue weighted by molar-refractivity contribution is 7.10. The van der Waals surface area contributed by atoms with Crippen molar-refractivity contribution in [3.8, 4) is 11.3 Å². The predicted octanol–water partition coefficient (Wildman–Crippen LogP) is 4.54. The van der Waals surface area contributed by atoms with Gasteiger partial charge in [0.25, 0.3) is 5.91 Å². The summed E-state index contributed by atoms with van der Waals surface area (Å²) in [5, 5.41) is 10.6. The van der Waals surface area contributed by atoms with Crippen LogP contribution in [0.4, 0.5) is 0 Å². The third kappa shape index (κ3) is 4.61. The van der Waals surface area contributed by atoms with Crippen molar-refractivity contribution in [2.45, 2.75) is 25.9 Å². The second-order valence-electron chi connectivity index (χ2n) is 8.73. The number of aromatic nitrogens is 3. The highest BCUT2D eigenvalue weighted by Gasteiger charge is 2.25. The molecular formula is C26H29N5O2S. The molecular weight excluding hydrogens is 446 g/mol. The minimum atomic E-state index is -0.109. The number of thiophene rings is 1. The van der Waals surface area contributed by atoms with E-state index in [-0.39, 0.29) is 18.0 Å². The molecule has 1 saturated heterocycles. The standard InChI is InChI=1S/C26H29N5O2S/c1-18(2)31-25-21(16-28-31)20(15-22(29-25)19-7-4-3-5-8-19)26(32)27-17-23(24-9-6-14-34-24)30-10-12-33-13-11-30/h3-9,14-16,18,23H,10-13,17H2,1-2H3,(H,27,32). The zero-order chi connectivity index (χ0) is 23.5. The smallest absolute Gasteiger partial charge is 0.252 e. The third-order valence-electron chi connectivity index (χ3n) is 6.18.